The number of anilines is 2. The molecule has 1 aliphatic rings. The van der Waals surface area contributed by atoms with Crippen LogP contribution >= 0.6 is 58.0 Å². The van der Waals surface area contributed by atoms with Gasteiger partial charge in [-0.05, 0) is 60.2 Å². The third-order valence-electron chi connectivity index (χ3n) is 5.76. The zero-order valence-corrected chi connectivity index (χ0v) is 22.4. The van der Waals surface area contributed by atoms with Crippen LogP contribution in [0.2, 0.25) is 15.1 Å². The van der Waals surface area contributed by atoms with Crippen LogP contribution < -0.4 is 10.6 Å². The summed E-state index contributed by atoms with van der Waals surface area (Å²) in [5.41, 5.74) is -1.38. The number of carbonyl (C=O) groups excluding carboxylic acids is 2. The fourth-order valence-electron chi connectivity index (χ4n) is 3.97. The summed E-state index contributed by atoms with van der Waals surface area (Å²) in [6, 6.07) is 12.9. The van der Waals surface area contributed by atoms with Crippen LogP contribution in [0.25, 0.3) is 0 Å². The van der Waals surface area contributed by atoms with Gasteiger partial charge in [0, 0.05) is 27.3 Å². The van der Waals surface area contributed by atoms with Crippen molar-refractivity contribution in [2.24, 2.45) is 5.92 Å². The van der Waals surface area contributed by atoms with E-state index in [9.17, 15) is 22.8 Å². The molecule has 1 fully saturated rings. The standard InChI is InChI=1S/C25H13Cl5F3N3O2/c26-13-5-12(6-14(27)7-13)20-21(24(20,29)30)23(38)36-15-3-4-19(28)17(8-15)22(37)35-16-2-1-11(10-34)18(9-16)25(31,32)33/h1-9,20-21H,(H,35,37)(H,36,38). The van der Waals surface area contributed by atoms with Gasteiger partial charge in [0.05, 0.1) is 33.7 Å². The molecule has 0 aliphatic heterocycles. The number of halogens is 8. The smallest absolute Gasteiger partial charge is 0.326 e. The van der Waals surface area contributed by atoms with Gasteiger partial charge in [-0.2, -0.15) is 18.4 Å². The second-order valence-electron chi connectivity index (χ2n) is 8.34. The van der Waals surface area contributed by atoms with E-state index in [0.717, 1.165) is 12.1 Å². The normalized spacial score (nSPS) is 17.9. The molecule has 2 atom stereocenters. The molecule has 0 spiro atoms. The Hall–Kier alpha value is -2.67. The van der Waals surface area contributed by atoms with Gasteiger partial charge in [0.1, 0.15) is 4.33 Å². The molecule has 196 valence electrons. The average molecular weight is 622 g/mol. The van der Waals surface area contributed by atoms with Crippen molar-refractivity contribution < 1.29 is 22.8 Å². The van der Waals surface area contributed by atoms with E-state index in [1.807, 2.05) is 0 Å². The van der Waals surface area contributed by atoms with Gasteiger partial charge in [-0.1, -0.05) is 34.8 Å². The highest BCUT2D eigenvalue weighted by Crippen LogP contribution is 2.65. The lowest BCUT2D eigenvalue weighted by Crippen LogP contribution is -2.18. The number of nitriles is 1. The van der Waals surface area contributed by atoms with Crippen molar-refractivity contribution >= 4 is 81.2 Å². The van der Waals surface area contributed by atoms with Crippen molar-refractivity contribution in [3.05, 3.63) is 91.9 Å². The molecule has 3 aromatic rings. The number of hydrogen-bond acceptors (Lipinski definition) is 3. The first-order chi connectivity index (χ1) is 17.7. The number of alkyl halides is 5. The lowest BCUT2D eigenvalue weighted by atomic mass is 10.1. The third kappa shape index (κ3) is 5.83. The van der Waals surface area contributed by atoms with E-state index in [1.165, 1.54) is 30.3 Å². The van der Waals surface area contributed by atoms with Gasteiger partial charge in [0.25, 0.3) is 5.91 Å². The fraction of sp³-hybridized carbons (Fsp3) is 0.160. The molecule has 1 aliphatic carbocycles. The number of hydrogen-bond donors (Lipinski definition) is 2. The van der Waals surface area contributed by atoms with Crippen molar-refractivity contribution in [2.45, 2.75) is 16.4 Å². The Morgan fingerprint density at radius 3 is 2.11 bits per heavy atom. The summed E-state index contributed by atoms with van der Waals surface area (Å²) in [6.07, 6.45) is -4.80. The van der Waals surface area contributed by atoms with Crippen LogP contribution in [0, 0.1) is 17.2 Å². The lowest BCUT2D eigenvalue weighted by molar-refractivity contribution is -0.137. The topological polar surface area (TPSA) is 82.0 Å². The van der Waals surface area contributed by atoms with Crippen molar-refractivity contribution in [1.29, 1.82) is 5.26 Å². The van der Waals surface area contributed by atoms with Gasteiger partial charge in [0.2, 0.25) is 5.91 Å². The number of benzene rings is 3. The van der Waals surface area contributed by atoms with Gasteiger partial charge in [-0.25, -0.2) is 0 Å². The third-order valence-corrected chi connectivity index (χ3v) is 7.47. The minimum atomic E-state index is -4.80. The van der Waals surface area contributed by atoms with Crippen LogP contribution in [0.4, 0.5) is 24.5 Å². The Morgan fingerprint density at radius 1 is 0.895 bits per heavy atom. The van der Waals surface area contributed by atoms with Gasteiger partial charge in [-0.15, -0.1) is 23.2 Å². The Labute approximate surface area is 239 Å². The number of nitrogens with one attached hydrogen (secondary N) is 2. The maximum atomic E-state index is 13.3. The first-order valence-electron chi connectivity index (χ1n) is 10.6. The molecule has 2 amide bonds. The minimum absolute atomic E-state index is 0.0212. The molecule has 0 aromatic heterocycles. The van der Waals surface area contributed by atoms with Crippen LogP contribution in [-0.4, -0.2) is 16.1 Å². The van der Waals surface area contributed by atoms with Crippen LogP contribution in [0.3, 0.4) is 0 Å². The number of amides is 2. The van der Waals surface area contributed by atoms with E-state index in [-0.39, 0.29) is 22.0 Å². The van der Waals surface area contributed by atoms with Gasteiger partial charge >= 0.3 is 6.18 Å². The SMILES string of the molecule is N#Cc1ccc(NC(=O)c2cc(NC(=O)C3C(c4cc(Cl)cc(Cl)c4)C3(Cl)Cl)ccc2Cl)cc1C(F)(F)F. The van der Waals surface area contributed by atoms with Crippen LogP contribution in [0.1, 0.15) is 33.0 Å². The first kappa shape index (κ1) is 28.3. The second-order valence-corrected chi connectivity index (χ2v) is 11.1. The Kier molecular flexibility index (Phi) is 7.81. The first-order valence-corrected chi connectivity index (χ1v) is 12.5. The summed E-state index contributed by atoms with van der Waals surface area (Å²) in [6.45, 7) is 0. The fourth-order valence-corrected chi connectivity index (χ4v) is 5.55. The molecule has 0 radical (unpaired) electrons. The lowest BCUT2D eigenvalue weighted by Gasteiger charge is -2.13. The largest absolute Gasteiger partial charge is 0.417 e. The predicted octanol–water partition coefficient (Wildman–Crippen LogP) is 8.32. The van der Waals surface area contributed by atoms with Gasteiger partial charge in [-0.3, -0.25) is 9.59 Å². The highest BCUT2D eigenvalue weighted by Gasteiger charge is 2.67. The predicted molar refractivity (Wildman–Crippen MR) is 141 cm³/mol. The van der Waals surface area contributed by atoms with Gasteiger partial charge in [0.15, 0.2) is 0 Å². The molecule has 4 rings (SSSR count). The molecule has 0 saturated heterocycles. The van der Waals surface area contributed by atoms with E-state index in [2.05, 4.69) is 10.6 Å². The van der Waals surface area contributed by atoms with E-state index in [0.29, 0.717) is 21.7 Å². The molecule has 3 aromatic carbocycles. The minimum Gasteiger partial charge on any atom is -0.326 e. The summed E-state index contributed by atoms with van der Waals surface area (Å²) >= 11 is 31.0. The van der Waals surface area contributed by atoms with Crippen molar-refractivity contribution in [3.63, 3.8) is 0 Å². The highest BCUT2D eigenvalue weighted by atomic mass is 35.5. The Morgan fingerprint density at radius 2 is 1.50 bits per heavy atom. The molecule has 2 N–H and O–H groups in total. The van der Waals surface area contributed by atoms with Crippen LogP contribution in [-0.2, 0) is 11.0 Å². The van der Waals surface area contributed by atoms with E-state index in [4.69, 9.17) is 63.3 Å². The Balaban J connectivity index is 1.53. The van der Waals surface area contributed by atoms with E-state index >= 15 is 0 Å². The highest BCUT2D eigenvalue weighted by molar-refractivity contribution is 6.53. The van der Waals surface area contributed by atoms with Crippen LogP contribution in [0.15, 0.2) is 54.6 Å². The van der Waals surface area contributed by atoms with Crippen molar-refractivity contribution in [3.8, 4) is 6.07 Å². The quantitative estimate of drug-likeness (QED) is 0.281. The molecular formula is C25H13Cl5F3N3O2. The van der Waals surface area contributed by atoms with E-state index < -0.39 is 45.3 Å². The molecule has 38 heavy (non-hydrogen) atoms. The molecule has 1 saturated carbocycles. The summed E-state index contributed by atoms with van der Waals surface area (Å²) in [5, 5.41) is 14.5. The number of carbonyl (C=O) groups is 2. The Bertz CT molecular complexity index is 1480. The molecule has 2 unspecified atom stereocenters. The van der Waals surface area contributed by atoms with Crippen molar-refractivity contribution in [2.75, 3.05) is 10.6 Å². The second kappa shape index (κ2) is 10.5. The molecule has 0 bridgehead atoms. The van der Waals surface area contributed by atoms with Crippen molar-refractivity contribution in [1.82, 2.24) is 0 Å². The van der Waals surface area contributed by atoms with Gasteiger partial charge < -0.3 is 10.6 Å². The zero-order chi connectivity index (χ0) is 28.0. The summed E-state index contributed by atoms with van der Waals surface area (Å²) in [7, 11) is 0. The zero-order valence-electron chi connectivity index (χ0n) is 18.6. The number of rotatable bonds is 5. The molecule has 0 heterocycles. The average Bonchev–Trinajstić information content (AvgIpc) is 3.41. The number of nitrogens with zero attached hydrogens (tertiary/aromatic N) is 1. The summed E-state index contributed by atoms with van der Waals surface area (Å²) < 4.78 is 38.3. The molecular weight excluding hydrogens is 609 g/mol. The van der Waals surface area contributed by atoms with E-state index in [1.54, 1.807) is 12.1 Å². The monoisotopic (exact) mass is 619 g/mol. The maximum absolute atomic E-state index is 13.3. The summed E-state index contributed by atoms with van der Waals surface area (Å²) in [5.74, 6) is -2.86. The molecule has 5 nitrogen and oxygen atoms in total. The maximum Gasteiger partial charge on any atom is 0.417 e. The molecule has 13 heteroatoms. The summed E-state index contributed by atoms with van der Waals surface area (Å²) in [4.78, 5) is 25.8. The van der Waals surface area contributed by atoms with Crippen LogP contribution in [0.5, 0.6) is 0 Å².